The van der Waals surface area contributed by atoms with Gasteiger partial charge in [-0.1, -0.05) is 6.07 Å². The van der Waals surface area contributed by atoms with Gasteiger partial charge in [-0.3, -0.25) is 14.9 Å². The van der Waals surface area contributed by atoms with Gasteiger partial charge in [0.1, 0.15) is 6.04 Å². The van der Waals surface area contributed by atoms with E-state index in [4.69, 9.17) is 10.8 Å². The third-order valence-corrected chi connectivity index (χ3v) is 3.01. The average Bonchev–Trinajstić information content (AvgIpc) is 2.20. The molecule has 0 aliphatic carbocycles. The van der Waals surface area contributed by atoms with Crippen molar-refractivity contribution in [2.45, 2.75) is 12.5 Å². The molecule has 0 spiro atoms. The first-order chi connectivity index (χ1) is 7.41. The topological polar surface area (TPSA) is 106 Å². The third-order valence-electron chi connectivity index (χ3n) is 2.00. The number of nitrogens with zero attached hydrogens (tertiary/aromatic N) is 1. The van der Waals surface area contributed by atoms with Gasteiger partial charge in [-0.15, -0.1) is 0 Å². The number of rotatable bonds is 4. The van der Waals surface area contributed by atoms with Crippen molar-refractivity contribution in [1.29, 1.82) is 0 Å². The van der Waals surface area contributed by atoms with E-state index >= 15 is 0 Å². The Morgan fingerprint density at radius 2 is 2.25 bits per heavy atom. The van der Waals surface area contributed by atoms with Gasteiger partial charge >= 0.3 is 5.97 Å². The van der Waals surface area contributed by atoms with E-state index in [1.807, 2.05) is 22.6 Å². The van der Waals surface area contributed by atoms with Crippen molar-refractivity contribution in [2.24, 2.45) is 5.73 Å². The van der Waals surface area contributed by atoms with Crippen LogP contribution < -0.4 is 5.73 Å². The van der Waals surface area contributed by atoms with Crippen LogP contribution in [-0.4, -0.2) is 22.0 Å². The summed E-state index contributed by atoms with van der Waals surface area (Å²) in [6.07, 6.45) is 0.158. The number of nitro groups is 1. The highest BCUT2D eigenvalue weighted by atomic mass is 127. The number of halogens is 1. The lowest BCUT2D eigenvalue weighted by molar-refractivity contribution is -0.385. The fraction of sp³-hybridized carbons (Fsp3) is 0.222. The van der Waals surface area contributed by atoms with Crippen LogP contribution >= 0.6 is 22.6 Å². The van der Waals surface area contributed by atoms with Gasteiger partial charge in [-0.25, -0.2) is 0 Å². The van der Waals surface area contributed by atoms with Crippen LogP contribution in [0.15, 0.2) is 18.2 Å². The maximum atomic E-state index is 10.6. The van der Waals surface area contributed by atoms with Crippen LogP contribution in [0.4, 0.5) is 5.69 Å². The van der Waals surface area contributed by atoms with Crippen molar-refractivity contribution in [2.75, 3.05) is 0 Å². The SMILES string of the molecule is NC(Cc1ccc([N+](=O)[O-])cc1I)C(=O)O. The molecular weight excluding hydrogens is 327 g/mol. The van der Waals surface area contributed by atoms with Crippen LogP contribution in [0.3, 0.4) is 0 Å². The van der Waals surface area contributed by atoms with Gasteiger partial charge in [0.25, 0.3) is 5.69 Å². The van der Waals surface area contributed by atoms with Crippen molar-refractivity contribution < 1.29 is 14.8 Å². The Bertz CT molecular complexity index is 436. The molecule has 0 saturated heterocycles. The first-order valence-corrected chi connectivity index (χ1v) is 5.41. The molecule has 1 unspecified atom stereocenters. The van der Waals surface area contributed by atoms with Gasteiger partial charge < -0.3 is 10.8 Å². The third kappa shape index (κ3) is 3.14. The summed E-state index contributed by atoms with van der Waals surface area (Å²) in [4.78, 5) is 20.5. The zero-order valence-corrected chi connectivity index (χ0v) is 10.2. The van der Waals surface area contributed by atoms with Gasteiger partial charge in [-0.05, 0) is 34.6 Å². The molecule has 16 heavy (non-hydrogen) atoms. The standard InChI is InChI=1S/C9H9IN2O4/c10-7-4-6(12(15)16)2-1-5(7)3-8(11)9(13)14/h1-2,4,8H,3,11H2,(H,13,14). The predicted molar refractivity (Wildman–Crippen MR) is 65.1 cm³/mol. The zero-order chi connectivity index (χ0) is 12.3. The number of hydrogen-bond acceptors (Lipinski definition) is 4. The normalized spacial score (nSPS) is 12.1. The van der Waals surface area contributed by atoms with E-state index in [-0.39, 0.29) is 12.1 Å². The van der Waals surface area contributed by atoms with Crippen LogP contribution in [0.25, 0.3) is 0 Å². The molecule has 0 aliphatic rings. The minimum Gasteiger partial charge on any atom is -0.480 e. The number of nitro benzene ring substituents is 1. The van der Waals surface area contributed by atoms with Crippen LogP contribution in [0.1, 0.15) is 5.56 Å². The Labute approximate surface area is 105 Å². The summed E-state index contributed by atoms with van der Waals surface area (Å²) in [5, 5.41) is 19.1. The molecule has 0 radical (unpaired) electrons. The van der Waals surface area contributed by atoms with Crippen LogP contribution in [0.5, 0.6) is 0 Å². The lowest BCUT2D eigenvalue weighted by Crippen LogP contribution is -2.32. The maximum absolute atomic E-state index is 10.6. The van der Waals surface area contributed by atoms with Crippen LogP contribution in [0, 0.1) is 13.7 Å². The van der Waals surface area contributed by atoms with E-state index in [1.165, 1.54) is 18.2 Å². The minimum atomic E-state index is -1.09. The summed E-state index contributed by atoms with van der Waals surface area (Å²) in [5.41, 5.74) is 6.06. The molecule has 0 heterocycles. The molecule has 0 saturated carbocycles. The summed E-state index contributed by atoms with van der Waals surface area (Å²) >= 11 is 1.92. The first-order valence-electron chi connectivity index (χ1n) is 4.33. The van der Waals surface area contributed by atoms with E-state index in [0.29, 0.717) is 9.13 Å². The number of nitrogens with two attached hydrogens (primary N) is 1. The highest BCUT2D eigenvalue weighted by Crippen LogP contribution is 2.20. The molecule has 0 bridgehead atoms. The van der Waals surface area contributed by atoms with Crippen molar-refractivity contribution in [1.82, 2.24) is 0 Å². The van der Waals surface area contributed by atoms with E-state index in [1.54, 1.807) is 0 Å². The van der Waals surface area contributed by atoms with Crippen LogP contribution in [-0.2, 0) is 11.2 Å². The number of carbonyl (C=O) groups is 1. The summed E-state index contributed by atoms with van der Waals surface area (Å²) < 4.78 is 0.642. The Kier molecular flexibility index (Phi) is 4.19. The van der Waals surface area contributed by atoms with Crippen LogP contribution in [0.2, 0.25) is 0 Å². The largest absolute Gasteiger partial charge is 0.480 e. The molecule has 3 N–H and O–H groups in total. The first kappa shape index (κ1) is 12.8. The summed E-state index contributed by atoms with van der Waals surface area (Å²) in [6, 6.07) is 3.27. The molecule has 0 aliphatic heterocycles. The van der Waals surface area contributed by atoms with E-state index < -0.39 is 16.9 Å². The number of benzene rings is 1. The highest BCUT2D eigenvalue weighted by molar-refractivity contribution is 14.1. The molecule has 1 aromatic rings. The second-order valence-corrected chi connectivity index (χ2v) is 4.34. The zero-order valence-electron chi connectivity index (χ0n) is 8.09. The van der Waals surface area contributed by atoms with E-state index in [2.05, 4.69) is 0 Å². The van der Waals surface area contributed by atoms with Crippen molar-refractivity contribution in [3.8, 4) is 0 Å². The van der Waals surface area contributed by atoms with E-state index in [9.17, 15) is 14.9 Å². The Morgan fingerprint density at radius 1 is 1.62 bits per heavy atom. The molecule has 86 valence electrons. The fourth-order valence-corrected chi connectivity index (χ4v) is 1.86. The molecule has 0 aromatic heterocycles. The quantitative estimate of drug-likeness (QED) is 0.487. The molecule has 0 fully saturated rings. The van der Waals surface area contributed by atoms with Crippen molar-refractivity contribution >= 4 is 34.2 Å². The highest BCUT2D eigenvalue weighted by Gasteiger charge is 2.15. The Balaban J connectivity index is 2.91. The number of hydrogen-bond donors (Lipinski definition) is 2. The molecular formula is C9H9IN2O4. The molecule has 6 nitrogen and oxygen atoms in total. The second-order valence-electron chi connectivity index (χ2n) is 3.18. The fourth-order valence-electron chi connectivity index (χ4n) is 1.14. The molecule has 1 rings (SSSR count). The summed E-state index contributed by atoms with van der Waals surface area (Å²) in [5.74, 6) is -1.09. The molecule has 1 aromatic carbocycles. The number of carboxylic acids is 1. The summed E-state index contributed by atoms with van der Waals surface area (Å²) in [6.45, 7) is 0. The number of carboxylic acid groups (broad SMARTS) is 1. The van der Waals surface area contributed by atoms with Gasteiger partial charge in [0.15, 0.2) is 0 Å². The lowest BCUT2D eigenvalue weighted by atomic mass is 10.1. The smallest absolute Gasteiger partial charge is 0.320 e. The van der Waals surface area contributed by atoms with Gasteiger partial charge in [0.05, 0.1) is 4.92 Å². The molecule has 7 heteroatoms. The molecule has 0 amide bonds. The Hall–Kier alpha value is -1.22. The van der Waals surface area contributed by atoms with Crippen molar-refractivity contribution in [3.05, 3.63) is 37.4 Å². The van der Waals surface area contributed by atoms with Gasteiger partial charge in [0, 0.05) is 15.7 Å². The molecule has 1 atom stereocenters. The second kappa shape index (κ2) is 5.21. The lowest BCUT2D eigenvalue weighted by Gasteiger charge is -2.07. The number of non-ortho nitro benzene ring substituents is 1. The minimum absolute atomic E-state index is 0.0166. The predicted octanol–water partition coefficient (Wildman–Crippen LogP) is 1.15. The Morgan fingerprint density at radius 3 is 2.69 bits per heavy atom. The maximum Gasteiger partial charge on any atom is 0.320 e. The van der Waals surface area contributed by atoms with Gasteiger partial charge in [-0.2, -0.15) is 0 Å². The average molecular weight is 336 g/mol. The monoisotopic (exact) mass is 336 g/mol. The number of aliphatic carboxylic acids is 1. The summed E-state index contributed by atoms with van der Waals surface area (Å²) in [7, 11) is 0. The van der Waals surface area contributed by atoms with Gasteiger partial charge in [0.2, 0.25) is 0 Å². The van der Waals surface area contributed by atoms with E-state index in [0.717, 1.165) is 0 Å². The van der Waals surface area contributed by atoms with Crippen molar-refractivity contribution in [3.63, 3.8) is 0 Å².